The van der Waals surface area contributed by atoms with Gasteiger partial charge in [0.2, 0.25) is 0 Å². The minimum Gasteiger partial charge on any atom is -0.493 e. The van der Waals surface area contributed by atoms with Crippen molar-refractivity contribution in [3.63, 3.8) is 0 Å². The van der Waals surface area contributed by atoms with E-state index in [0.29, 0.717) is 27.6 Å². The molecule has 0 aliphatic carbocycles. The van der Waals surface area contributed by atoms with Crippen LogP contribution in [0.1, 0.15) is 15.9 Å². The van der Waals surface area contributed by atoms with E-state index in [0.717, 1.165) is 0 Å². The summed E-state index contributed by atoms with van der Waals surface area (Å²) in [6.07, 6.45) is 1.41. The predicted octanol–water partition coefficient (Wildman–Crippen LogP) is 4.75. The predicted molar refractivity (Wildman–Crippen MR) is 122 cm³/mol. The maximum absolute atomic E-state index is 12.2. The number of nitrogens with one attached hydrogen (secondary N) is 1. The zero-order valence-electron chi connectivity index (χ0n) is 16.9. The van der Waals surface area contributed by atoms with Crippen molar-refractivity contribution >= 4 is 41.3 Å². The Bertz CT molecular complexity index is 1140. The molecule has 0 saturated heterocycles. The summed E-state index contributed by atoms with van der Waals surface area (Å²) >= 11 is 11.9. The topological polar surface area (TPSA) is 86.2 Å². The lowest BCUT2D eigenvalue weighted by Crippen LogP contribution is -2.24. The first-order valence-electron chi connectivity index (χ1n) is 9.32. The molecule has 3 aromatic rings. The molecular formula is C23H18Cl2N2O5. The Morgan fingerprint density at radius 3 is 2.50 bits per heavy atom. The summed E-state index contributed by atoms with van der Waals surface area (Å²) < 4.78 is 16.0. The molecule has 0 atom stereocenters. The van der Waals surface area contributed by atoms with E-state index >= 15 is 0 Å². The first kappa shape index (κ1) is 23.1. The summed E-state index contributed by atoms with van der Waals surface area (Å²) in [5.74, 6) is -0.100. The van der Waals surface area contributed by atoms with Crippen molar-refractivity contribution in [3.8, 4) is 17.2 Å². The number of hydrazone groups is 1. The second-order valence-electron chi connectivity index (χ2n) is 6.30. The van der Waals surface area contributed by atoms with Crippen LogP contribution in [0.2, 0.25) is 10.0 Å². The number of carbonyl (C=O) groups excluding carboxylic acids is 2. The second-order valence-corrected chi connectivity index (χ2v) is 7.08. The van der Waals surface area contributed by atoms with Crippen LogP contribution in [0.25, 0.3) is 0 Å². The molecule has 0 aliphatic heterocycles. The third-order valence-electron chi connectivity index (χ3n) is 4.08. The Labute approximate surface area is 194 Å². The van der Waals surface area contributed by atoms with Gasteiger partial charge in [0.25, 0.3) is 5.91 Å². The monoisotopic (exact) mass is 472 g/mol. The standard InChI is InChI=1S/C23H18Cl2N2O5/c1-30-20-12-15(10-11-18(20)32-23(29)16-6-3-2-4-7-16)13-26-27-21(28)14-31-19-9-5-8-17(24)22(19)25/h2-13H,14H2,1H3,(H,27,28)/b26-13+. The minimum atomic E-state index is -0.502. The Kier molecular flexibility index (Phi) is 8.08. The lowest BCUT2D eigenvalue weighted by molar-refractivity contribution is -0.123. The van der Waals surface area contributed by atoms with E-state index in [-0.39, 0.29) is 17.4 Å². The SMILES string of the molecule is COc1cc(/C=N/NC(=O)COc2cccc(Cl)c2Cl)ccc1OC(=O)c1ccccc1. The van der Waals surface area contributed by atoms with E-state index < -0.39 is 11.9 Å². The van der Waals surface area contributed by atoms with E-state index in [2.05, 4.69) is 10.5 Å². The molecular weight excluding hydrogens is 455 g/mol. The number of benzene rings is 3. The molecule has 0 spiro atoms. The average Bonchev–Trinajstić information content (AvgIpc) is 2.81. The van der Waals surface area contributed by atoms with Crippen LogP contribution in [-0.4, -0.2) is 31.8 Å². The van der Waals surface area contributed by atoms with E-state index in [1.807, 2.05) is 6.07 Å². The van der Waals surface area contributed by atoms with Gasteiger partial charge in [-0.05, 0) is 48.0 Å². The fourth-order valence-electron chi connectivity index (χ4n) is 2.53. The third kappa shape index (κ3) is 6.23. The van der Waals surface area contributed by atoms with Crippen molar-refractivity contribution in [2.45, 2.75) is 0 Å². The van der Waals surface area contributed by atoms with Crippen LogP contribution in [0.4, 0.5) is 0 Å². The van der Waals surface area contributed by atoms with Crippen LogP contribution >= 0.6 is 23.2 Å². The highest BCUT2D eigenvalue weighted by molar-refractivity contribution is 6.42. The van der Waals surface area contributed by atoms with Gasteiger partial charge in [-0.15, -0.1) is 0 Å². The van der Waals surface area contributed by atoms with E-state index in [1.54, 1.807) is 60.7 Å². The molecule has 0 saturated carbocycles. The van der Waals surface area contributed by atoms with Crippen LogP contribution in [0.3, 0.4) is 0 Å². The molecule has 1 N–H and O–H groups in total. The van der Waals surface area contributed by atoms with Crippen molar-refractivity contribution in [3.05, 3.63) is 87.9 Å². The number of amides is 1. The molecule has 0 aromatic heterocycles. The number of halogens is 2. The minimum absolute atomic E-state index is 0.227. The molecule has 3 rings (SSSR count). The van der Waals surface area contributed by atoms with Gasteiger partial charge in [0, 0.05) is 0 Å². The number of rotatable bonds is 8. The maximum atomic E-state index is 12.2. The van der Waals surface area contributed by atoms with E-state index in [4.69, 9.17) is 37.4 Å². The molecule has 3 aromatic carbocycles. The molecule has 7 nitrogen and oxygen atoms in total. The smallest absolute Gasteiger partial charge is 0.343 e. The summed E-state index contributed by atoms with van der Waals surface area (Å²) in [5, 5.41) is 4.44. The number of hydrogen-bond donors (Lipinski definition) is 1. The zero-order chi connectivity index (χ0) is 22.9. The van der Waals surface area contributed by atoms with Gasteiger partial charge >= 0.3 is 5.97 Å². The second kappa shape index (κ2) is 11.2. The summed E-state index contributed by atoms with van der Waals surface area (Å²) in [5.41, 5.74) is 3.38. The number of hydrogen-bond acceptors (Lipinski definition) is 6. The molecule has 0 radical (unpaired) electrons. The van der Waals surface area contributed by atoms with E-state index in [1.165, 1.54) is 13.3 Å². The highest BCUT2D eigenvalue weighted by atomic mass is 35.5. The van der Waals surface area contributed by atoms with Gasteiger partial charge in [-0.2, -0.15) is 5.10 Å². The number of carbonyl (C=O) groups is 2. The Balaban J connectivity index is 1.56. The lowest BCUT2D eigenvalue weighted by Gasteiger charge is -2.10. The van der Waals surface area contributed by atoms with Crippen molar-refractivity contribution in [1.29, 1.82) is 0 Å². The van der Waals surface area contributed by atoms with Gasteiger partial charge in [0.15, 0.2) is 18.1 Å². The molecule has 0 heterocycles. The van der Waals surface area contributed by atoms with Crippen LogP contribution in [0.15, 0.2) is 71.8 Å². The van der Waals surface area contributed by atoms with Gasteiger partial charge in [-0.1, -0.05) is 47.5 Å². The maximum Gasteiger partial charge on any atom is 0.343 e. The Morgan fingerprint density at radius 2 is 1.75 bits per heavy atom. The highest BCUT2D eigenvalue weighted by Gasteiger charge is 2.12. The largest absolute Gasteiger partial charge is 0.493 e. The van der Waals surface area contributed by atoms with Crippen molar-refractivity contribution in [1.82, 2.24) is 5.43 Å². The van der Waals surface area contributed by atoms with Crippen molar-refractivity contribution < 1.29 is 23.8 Å². The van der Waals surface area contributed by atoms with Crippen molar-refractivity contribution in [2.24, 2.45) is 5.10 Å². The van der Waals surface area contributed by atoms with Gasteiger partial charge in [-0.3, -0.25) is 4.79 Å². The fraction of sp³-hybridized carbons (Fsp3) is 0.0870. The molecule has 1 amide bonds. The molecule has 32 heavy (non-hydrogen) atoms. The van der Waals surface area contributed by atoms with Crippen LogP contribution in [-0.2, 0) is 4.79 Å². The first-order chi connectivity index (χ1) is 15.5. The van der Waals surface area contributed by atoms with Crippen LogP contribution in [0.5, 0.6) is 17.2 Å². The quantitative estimate of drug-likeness (QED) is 0.221. The molecule has 9 heteroatoms. The van der Waals surface area contributed by atoms with Gasteiger partial charge < -0.3 is 14.2 Å². The van der Waals surface area contributed by atoms with Gasteiger partial charge in [-0.25, -0.2) is 10.2 Å². The molecule has 164 valence electrons. The first-order valence-corrected chi connectivity index (χ1v) is 10.1. The van der Waals surface area contributed by atoms with Crippen LogP contribution < -0.4 is 19.6 Å². The number of nitrogens with zero attached hydrogens (tertiary/aromatic N) is 1. The molecule has 0 unspecified atom stereocenters. The van der Waals surface area contributed by atoms with E-state index in [9.17, 15) is 9.59 Å². The zero-order valence-corrected chi connectivity index (χ0v) is 18.4. The molecule has 0 aliphatic rings. The summed E-state index contributed by atoms with van der Waals surface area (Å²) in [6, 6.07) is 18.3. The number of ether oxygens (including phenoxy) is 3. The Morgan fingerprint density at radius 1 is 0.969 bits per heavy atom. The van der Waals surface area contributed by atoms with Crippen molar-refractivity contribution in [2.75, 3.05) is 13.7 Å². The average molecular weight is 473 g/mol. The molecule has 0 fully saturated rings. The summed E-state index contributed by atoms with van der Waals surface area (Å²) in [6.45, 7) is -0.297. The number of esters is 1. The van der Waals surface area contributed by atoms with Crippen LogP contribution in [0, 0.1) is 0 Å². The summed E-state index contributed by atoms with van der Waals surface area (Å²) in [7, 11) is 1.45. The Hall–Kier alpha value is -3.55. The lowest BCUT2D eigenvalue weighted by atomic mass is 10.2. The normalized spacial score (nSPS) is 10.6. The highest BCUT2D eigenvalue weighted by Crippen LogP contribution is 2.31. The van der Waals surface area contributed by atoms with Gasteiger partial charge in [0.1, 0.15) is 10.8 Å². The summed E-state index contributed by atoms with van der Waals surface area (Å²) in [4.78, 5) is 24.2. The fourth-order valence-corrected chi connectivity index (χ4v) is 2.88. The molecule has 0 bridgehead atoms. The number of methoxy groups -OCH3 is 1. The van der Waals surface area contributed by atoms with Gasteiger partial charge in [0.05, 0.1) is 23.9 Å². The third-order valence-corrected chi connectivity index (χ3v) is 4.88.